The van der Waals surface area contributed by atoms with Crippen LogP contribution in [-0.2, 0) is 21.4 Å². The molecule has 146 valence electrons. The molecule has 0 heterocycles. The second-order valence-corrected chi connectivity index (χ2v) is 7.28. The fourth-order valence-electron chi connectivity index (χ4n) is 2.49. The summed E-state index contributed by atoms with van der Waals surface area (Å²) < 4.78 is 43.6. The third-order valence-corrected chi connectivity index (χ3v) is 5.16. The monoisotopic (exact) mass is 394 g/mol. The number of rotatable bonds is 8. The van der Waals surface area contributed by atoms with Gasteiger partial charge in [-0.05, 0) is 30.3 Å². The molecule has 0 atom stereocenters. The van der Waals surface area contributed by atoms with Crippen LogP contribution in [0.2, 0.25) is 0 Å². The third-order valence-electron chi connectivity index (χ3n) is 3.76. The Bertz CT molecular complexity index is 905. The molecule has 0 aliphatic heterocycles. The first-order chi connectivity index (χ1) is 12.8. The topological polar surface area (TPSA) is 103 Å². The summed E-state index contributed by atoms with van der Waals surface area (Å²) in [6, 6.07) is 9.39. The third kappa shape index (κ3) is 4.89. The van der Waals surface area contributed by atoms with E-state index in [1.807, 2.05) is 0 Å². The average Bonchev–Trinajstić information content (AvgIpc) is 2.65. The van der Waals surface area contributed by atoms with Gasteiger partial charge in [0.1, 0.15) is 17.2 Å². The fourth-order valence-corrected chi connectivity index (χ4v) is 3.52. The van der Waals surface area contributed by atoms with Gasteiger partial charge >= 0.3 is 0 Å². The van der Waals surface area contributed by atoms with Crippen molar-refractivity contribution >= 4 is 21.6 Å². The molecule has 0 bridgehead atoms. The Hall–Kier alpha value is -2.78. The summed E-state index contributed by atoms with van der Waals surface area (Å²) in [5.74, 6) is 1.03. The van der Waals surface area contributed by atoms with Crippen LogP contribution >= 0.6 is 0 Å². The summed E-state index contributed by atoms with van der Waals surface area (Å²) in [7, 11) is 0.564. The Balaban J connectivity index is 2.31. The number of amides is 1. The number of carbonyl (C=O) groups excluding carboxylic acids is 1. The van der Waals surface area contributed by atoms with Crippen LogP contribution in [0.1, 0.15) is 12.5 Å². The number of methoxy groups -OCH3 is 3. The SMILES string of the molecule is COc1ccc(S(=O)(=O)NCc2c(OC)cccc2OC)cc1NC(C)=O. The molecule has 0 saturated carbocycles. The van der Waals surface area contributed by atoms with E-state index in [-0.39, 0.29) is 23.0 Å². The van der Waals surface area contributed by atoms with E-state index in [0.29, 0.717) is 22.8 Å². The lowest BCUT2D eigenvalue weighted by Crippen LogP contribution is -2.24. The van der Waals surface area contributed by atoms with Crippen LogP contribution in [-0.4, -0.2) is 35.7 Å². The Morgan fingerprint density at radius 2 is 1.56 bits per heavy atom. The maximum absolute atomic E-state index is 12.7. The number of nitrogens with one attached hydrogen (secondary N) is 2. The lowest BCUT2D eigenvalue weighted by molar-refractivity contribution is -0.114. The smallest absolute Gasteiger partial charge is 0.240 e. The van der Waals surface area contributed by atoms with Crippen LogP contribution in [0.5, 0.6) is 17.2 Å². The van der Waals surface area contributed by atoms with Crippen LogP contribution in [0.3, 0.4) is 0 Å². The molecule has 2 aromatic rings. The molecule has 9 heteroatoms. The van der Waals surface area contributed by atoms with E-state index >= 15 is 0 Å². The van der Waals surface area contributed by atoms with Crippen molar-refractivity contribution in [3.05, 3.63) is 42.0 Å². The normalized spacial score (nSPS) is 11.0. The zero-order chi connectivity index (χ0) is 20.0. The summed E-state index contributed by atoms with van der Waals surface area (Å²) >= 11 is 0. The van der Waals surface area contributed by atoms with Crippen LogP contribution in [0, 0.1) is 0 Å². The number of benzene rings is 2. The van der Waals surface area contributed by atoms with Crippen molar-refractivity contribution in [2.75, 3.05) is 26.6 Å². The van der Waals surface area contributed by atoms with Crippen LogP contribution in [0.25, 0.3) is 0 Å². The van der Waals surface area contributed by atoms with Gasteiger partial charge in [0, 0.05) is 13.5 Å². The molecular weight excluding hydrogens is 372 g/mol. The molecule has 0 saturated heterocycles. The molecule has 0 aliphatic carbocycles. The van der Waals surface area contributed by atoms with Gasteiger partial charge in [0.05, 0.1) is 37.5 Å². The zero-order valence-electron chi connectivity index (χ0n) is 15.5. The predicted octanol–water partition coefficient (Wildman–Crippen LogP) is 2.15. The molecule has 27 heavy (non-hydrogen) atoms. The molecular formula is C18H22N2O6S. The molecule has 0 unspecified atom stereocenters. The second kappa shape index (κ2) is 8.74. The summed E-state index contributed by atoms with van der Waals surface area (Å²) in [4.78, 5) is 11.3. The van der Waals surface area contributed by atoms with E-state index in [1.165, 1.54) is 46.5 Å². The number of hydrogen-bond acceptors (Lipinski definition) is 6. The lowest BCUT2D eigenvalue weighted by Gasteiger charge is -2.15. The maximum atomic E-state index is 12.7. The summed E-state index contributed by atoms with van der Waals surface area (Å²) in [5.41, 5.74) is 0.837. The van der Waals surface area contributed by atoms with Crippen molar-refractivity contribution in [2.45, 2.75) is 18.4 Å². The van der Waals surface area contributed by atoms with Gasteiger partial charge in [-0.2, -0.15) is 0 Å². The van der Waals surface area contributed by atoms with E-state index in [0.717, 1.165) is 0 Å². The van der Waals surface area contributed by atoms with Crippen molar-refractivity contribution < 1.29 is 27.4 Å². The van der Waals surface area contributed by atoms with E-state index in [4.69, 9.17) is 14.2 Å². The number of sulfonamides is 1. The van der Waals surface area contributed by atoms with Gasteiger partial charge in [-0.1, -0.05) is 6.07 Å². The average molecular weight is 394 g/mol. The Labute approximate surface area is 158 Å². The lowest BCUT2D eigenvalue weighted by atomic mass is 10.2. The van der Waals surface area contributed by atoms with Crippen molar-refractivity contribution in [1.82, 2.24) is 4.72 Å². The van der Waals surface area contributed by atoms with E-state index in [2.05, 4.69) is 10.0 Å². The molecule has 2 aromatic carbocycles. The van der Waals surface area contributed by atoms with Crippen LogP contribution in [0.4, 0.5) is 5.69 Å². The Kier molecular flexibility index (Phi) is 6.65. The van der Waals surface area contributed by atoms with Gasteiger partial charge in [0.2, 0.25) is 15.9 Å². The minimum Gasteiger partial charge on any atom is -0.496 e. The molecule has 0 fully saturated rings. The maximum Gasteiger partial charge on any atom is 0.240 e. The number of hydrogen-bond donors (Lipinski definition) is 2. The van der Waals surface area contributed by atoms with E-state index in [1.54, 1.807) is 18.2 Å². The van der Waals surface area contributed by atoms with Crippen molar-refractivity contribution in [2.24, 2.45) is 0 Å². The van der Waals surface area contributed by atoms with Gasteiger partial charge in [-0.3, -0.25) is 4.79 Å². The fraction of sp³-hybridized carbons (Fsp3) is 0.278. The number of carbonyl (C=O) groups is 1. The first kappa shape index (κ1) is 20.5. The highest BCUT2D eigenvalue weighted by Gasteiger charge is 2.19. The highest BCUT2D eigenvalue weighted by Crippen LogP contribution is 2.30. The van der Waals surface area contributed by atoms with Gasteiger partial charge in [-0.25, -0.2) is 13.1 Å². The van der Waals surface area contributed by atoms with Crippen molar-refractivity contribution in [3.8, 4) is 17.2 Å². The van der Waals surface area contributed by atoms with Gasteiger partial charge in [0.15, 0.2) is 0 Å². The molecule has 1 amide bonds. The molecule has 0 spiro atoms. The molecule has 0 radical (unpaired) electrons. The molecule has 0 aliphatic rings. The summed E-state index contributed by atoms with van der Waals surface area (Å²) in [6.45, 7) is 1.30. The first-order valence-corrected chi connectivity index (χ1v) is 9.46. The zero-order valence-corrected chi connectivity index (χ0v) is 16.3. The van der Waals surface area contributed by atoms with Gasteiger partial charge < -0.3 is 19.5 Å². The van der Waals surface area contributed by atoms with Gasteiger partial charge in [-0.15, -0.1) is 0 Å². The van der Waals surface area contributed by atoms with Crippen LogP contribution in [0.15, 0.2) is 41.3 Å². The van der Waals surface area contributed by atoms with E-state index < -0.39 is 10.0 Å². The van der Waals surface area contributed by atoms with Crippen LogP contribution < -0.4 is 24.2 Å². The standard InChI is InChI=1S/C18H22N2O6S/c1-12(21)20-15-10-13(8-9-18(15)26-4)27(22,23)19-11-14-16(24-2)6-5-7-17(14)25-3/h5-10,19H,11H2,1-4H3,(H,20,21). The summed E-state index contributed by atoms with van der Waals surface area (Å²) in [6.07, 6.45) is 0. The second-order valence-electron chi connectivity index (χ2n) is 5.51. The Morgan fingerprint density at radius 1 is 0.963 bits per heavy atom. The number of anilines is 1. The molecule has 8 nitrogen and oxygen atoms in total. The number of ether oxygens (including phenoxy) is 3. The highest BCUT2D eigenvalue weighted by atomic mass is 32.2. The first-order valence-electron chi connectivity index (χ1n) is 7.97. The van der Waals surface area contributed by atoms with Crippen molar-refractivity contribution in [3.63, 3.8) is 0 Å². The van der Waals surface area contributed by atoms with E-state index in [9.17, 15) is 13.2 Å². The minimum absolute atomic E-state index is 0.0130. The quantitative estimate of drug-likeness (QED) is 0.711. The largest absolute Gasteiger partial charge is 0.496 e. The predicted molar refractivity (Wildman–Crippen MR) is 101 cm³/mol. The Morgan fingerprint density at radius 3 is 2.07 bits per heavy atom. The minimum atomic E-state index is -3.86. The molecule has 2 N–H and O–H groups in total. The highest BCUT2D eigenvalue weighted by molar-refractivity contribution is 7.89. The van der Waals surface area contributed by atoms with Gasteiger partial charge in [0.25, 0.3) is 0 Å². The molecule has 2 rings (SSSR count). The summed E-state index contributed by atoms with van der Waals surface area (Å²) in [5, 5.41) is 2.55. The molecule has 0 aromatic heterocycles. The van der Waals surface area contributed by atoms with Crippen molar-refractivity contribution in [1.29, 1.82) is 0 Å².